The molecule has 14 aromatic rings. The number of carbonyl (C=O) groups excluding carboxylic acids is 2. The van der Waals surface area contributed by atoms with Crippen molar-refractivity contribution < 1.29 is 116 Å². The SMILES string of the molecule is O=C(O)c1cccc2c1-c1nc-2nc2[nH]c(nc3nc(nc4[nH]c(n1)c1c(C(=O)O)c(C(=O)O)c(C(=O)O)c(C(=O)[O-])c41)-c1ccccc1-3)c1ccccc21.O=C(O)c1cccc2c1-c1nc-2nc2[nH]c(nc3nc(nc4[nH]c(n1)c1c(C(=O)O)c(C(=O)O)c(C(=O)O)c(C(=O)[O-])c41)-c1ccccc1-3)c1ccccc21.[Fe+2]. The van der Waals surface area contributed by atoms with Gasteiger partial charge in [-0.25, -0.2) is 98.2 Å². The molecule has 37 heteroatoms. The van der Waals surface area contributed by atoms with E-state index in [-0.39, 0.29) is 108 Å². The number of carboxylic acid groups (broad SMARTS) is 10. The minimum atomic E-state index is -2.17. The molecule has 12 N–H and O–H groups in total. The summed E-state index contributed by atoms with van der Waals surface area (Å²) in [6.07, 6.45) is 0. The summed E-state index contributed by atoms with van der Waals surface area (Å²) in [4.78, 5) is 195. The maximum absolute atomic E-state index is 13.0. The first kappa shape index (κ1) is 69.1. The molecule has 0 atom stereocenters. The second-order valence-corrected chi connectivity index (χ2v) is 24.4. The molecule has 0 fully saturated rings. The van der Waals surface area contributed by atoms with E-state index in [1.165, 1.54) is 36.4 Å². The quantitative estimate of drug-likeness (QED) is 0.0576. The number of carbonyl (C=O) groups is 10. The third-order valence-electron chi connectivity index (χ3n) is 18.4. The van der Waals surface area contributed by atoms with Gasteiger partial charge in [-0.1, -0.05) is 121 Å². The molecule has 36 nitrogen and oxygen atoms in total. The Hall–Kier alpha value is -16.3. The largest absolute Gasteiger partial charge is 2.00 e. The Morgan fingerprint density at radius 1 is 0.234 bits per heavy atom. The number of fused-ring (bicyclic) bond motifs is 40. The molecule has 538 valence electrons. The fraction of sp³-hybridized carbons (Fsp3) is 0. The van der Waals surface area contributed by atoms with Crippen molar-refractivity contribution in [3.05, 3.63) is 189 Å². The number of hydrogen-bond acceptors (Lipinski definition) is 24. The molecule has 4 aliphatic heterocycles. The van der Waals surface area contributed by atoms with Crippen LogP contribution in [0.15, 0.2) is 133 Å². The van der Waals surface area contributed by atoms with Crippen LogP contribution in [0.1, 0.15) is 104 Å². The van der Waals surface area contributed by atoms with Crippen LogP contribution < -0.4 is 10.2 Å². The Bertz CT molecular complexity index is 6770. The predicted octanol–water partition coefficient (Wildman–Crippen LogP) is 8.05. The van der Waals surface area contributed by atoms with Crippen molar-refractivity contribution in [3.8, 4) is 91.1 Å². The van der Waals surface area contributed by atoms with Gasteiger partial charge in [-0.05, 0) is 12.1 Å². The second kappa shape index (κ2) is 25.5. The summed E-state index contributed by atoms with van der Waals surface area (Å²) < 4.78 is 0. The molecule has 0 aliphatic carbocycles. The minimum absolute atomic E-state index is 0. The first-order valence-electron chi connectivity index (χ1n) is 31.9. The summed E-state index contributed by atoms with van der Waals surface area (Å²) in [5.41, 5.74) is -9.72. The van der Waals surface area contributed by atoms with Crippen LogP contribution in [0.4, 0.5) is 0 Å². The van der Waals surface area contributed by atoms with E-state index in [1.807, 2.05) is 0 Å². The van der Waals surface area contributed by atoms with E-state index >= 15 is 0 Å². The van der Waals surface area contributed by atoms with E-state index in [0.29, 0.717) is 55.1 Å². The topological polar surface area (TPSA) is 596 Å². The number of benzene rings is 8. The van der Waals surface area contributed by atoms with Crippen molar-refractivity contribution in [2.45, 2.75) is 0 Å². The summed E-state index contributed by atoms with van der Waals surface area (Å²) in [7, 11) is 0. The van der Waals surface area contributed by atoms with Crippen LogP contribution in [0.3, 0.4) is 0 Å². The fourth-order valence-electron chi connectivity index (χ4n) is 14.0. The van der Waals surface area contributed by atoms with Gasteiger partial charge >= 0.3 is 64.8 Å². The number of nitrogens with one attached hydrogen (secondary N) is 4. The van der Waals surface area contributed by atoms with Gasteiger partial charge < -0.3 is 80.6 Å². The molecule has 0 radical (unpaired) electrons. The van der Waals surface area contributed by atoms with Crippen molar-refractivity contribution in [1.29, 1.82) is 0 Å². The van der Waals surface area contributed by atoms with Crippen molar-refractivity contribution in [1.82, 2.24) is 79.7 Å². The molecule has 0 amide bonds. The molecule has 10 heterocycles. The molecule has 6 aromatic heterocycles. The molecule has 0 spiro atoms. The molecule has 0 saturated heterocycles. The predicted molar refractivity (Wildman–Crippen MR) is 376 cm³/mol. The van der Waals surface area contributed by atoms with E-state index in [2.05, 4.69) is 59.8 Å². The van der Waals surface area contributed by atoms with Gasteiger partial charge in [0.2, 0.25) is 0 Å². The van der Waals surface area contributed by atoms with Crippen LogP contribution in [0.2, 0.25) is 0 Å². The molecular formula is C74H34FeN16O20. The van der Waals surface area contributed by atoms with Crippen LogP contribution in [0.25, 0.3) is 179 Å². The maximum Gasteiger partial charge on any atom is 2.00 e. The number of aromatic amines is 4. The number of aromatic carboxylic acids is 10. The number of carboxylic acids is 10. The zero-order valence-electron chi connectivity index (χ0n) is 54.9. The minimum Gasteiger partial charge on any atom is -0.545 e. The number of H-pyrrole nitrogens is 4. The monoisotopic (exact) mass is 1520 g/mol. The normalized spacial score (nSPS) is 11.5. The first-order valence-corrected chi connectivity index (χ1v) is 31.9. The third kappa shape index (κ3) is 10.7. The summed E-state index contributed by atoms with van der Waals surface area (Å²) in [6.45, 7) is 0. The van der Waals surface area contributed by atoms with Crippen molar-refractivity contribution in [2.75, 3.05) is 0 Å². The van der Waals surface area contributed by atoms with Gasteiger partial charge in [-0.2, -0.15) is 0 Å². The van der Waals surface area contributed by atoms with E-state index in [0.717, 1.165) is 0 Å². The Kier molecular flexibility index (Phi) is 15.9. The Balaban J connectivity index is 0.000000167. The second-order valence-electron chi connectivity index (χ2n) is 24.4. The van der Waals surface area contributed by atoms with E-state index in [4.69, 9.17) is 19.9 Å². The Morgan fingerprint density at radius 3 is 0.721 bits per heavy atom. The van der Waals surface area contributed by atoms with E-state index < -0.39 is 148 Å². The van der Waals surface area contributed by atoms with Crippen molar-refractivity contribution >= 4 is 148 Å². The van der Waals surface area contributed by atoms with Gasteiger partial charge in [-0.3, -0.25) is 0 Å². The van der Waals surface area contributed by atoms with Crippen LogP contribution in [0, 0.1) is 0 Å². The Labute approximate surface area is 621 Å². The third-order valence-corrected chi connectivity index (χ3v) is 18.4. The summed E-state index contributed by atoms with van der Waals surface area (Å²) in [5.74, 6) is -20.0. The zero-order valence-corrected chi connectivity index (χ0v) is 56.0. The number of aromatic nitrogens is 16. The standard InChI is InChI=1S/2C37H18N8O10.Fe/c2*46-33(47)17-11-5-10-16-18(17)30-43-29(16)41-27-13-7-2-1-6-12(13)25(39-27)38-26-14-8-3-4-9-15(14)28(40-26)42-31-19-20(32(44-30)45-31)22(35(50)51)24(37(54)55)23(36(52)53)21(19)34(48)49;/h2*1-11H,(H,46,47)(H,48,49)(H,50,51)(H,52,53)(H,54,55)(H2,38,39,40,41,42,43,44,45);/q;;+2/p-2. The molecule has 16 bridgehead atoms. The molecule has 0 unspecified atom stereocenters. The maximum atomic E-state index is 13.0. The summed E-state index contributed by atoms with van der Waals surface area (Å²) >= 11 is 0. The number of rotatable bonds is 10. The zero-order chi connectivity index (χ0) is 76.9. The molecular weight excluding hydrogens is 1490 g/mol. The summed E-state index contributed by atoms with van der Waals surface area (Å²) in [6, 6.07) is 36.3. The Morgan fingerprint density at radius 2 is 0.450 bits per heavy atom. The summed E-state index contributed by atoms with van der Waals surface area (Å²) in [5, 5.41) is 108. The average molecular weight is 1520 g/mol. The van der Waals surface area contributed by atoms with Crippen molar-refractivity contribution in [3.63, 3.8) is 0 Å². The molecule has 18 rings (SSSR count). The smallest absolute Gasteiger partial charge is 0.545 e. The van der Waals surface area contributed by atoms with Gasteiger partial charge in [0, 0.05) is 98.7 Å². The van der Waals surface area contributed by atoms with Gasteiger partial charge in [0.1, 0.15) is 45.2 Å². The number of hydrogen-bond donors (Lipinski definition) is 12. The molecule has 8 aromatic carbocycles. The van der Waals surface area contributed by atoms with Gasteiger partial charge in [0.15, 0.2) is 46.6 Å². The molecule has 0 saturated carbocycles. The van der Waals surface area contributed by atoms with Crippen LogP contribution in [0.5, 0.6) is 0 Å². The first-order chi connectivity index (χ1) is 52.8. The average Bonchev–Trinajstić information content (AvgIpc) is 1.62. The van der Waals surface area contributed by atoms with E-state index in [1.54, 1.807) is 97.1 Å². The van der Waals surface area contributed by atoms with Crippen LogP contribution in [-0.2, 0) is 17.1 Å². The van der Waals surface area contributed by atoms with Crippen molar-refractivity contribution in [2.24, 2.45) is 0 Å². The van der Waals surface area contributed by atoms with Gasteiger partial charge in [0.25, 0.3) is 0 Å². The van der Waals surface area contributed by atoms with Crippen LogP contribution >= 0.6 is 0 Å². The molecule has 4 aliphatic rings. The van der Waals surface area contributed by atoms with E-state index in [9.17, 15) is 99.0 Å². The van der Waals surface area contributed by atoms with Gasteiger partial charge in [-0.15, -0.1) is 0 Å². The molecule has 111 heavy (non-hydrogen) atoms. The van der Waals surface area contributed by atoms with Gasteiger partial charge in [0.05, 0.1) is 56.4 Å². The van der Waals surface area contributed by atoms with Crippen LogP contribution in [-0.4, -0.2) is 180 Å². The fourth-order valence-corrected chi connectivity index (χ4v) is 14.0. The number of nitrogens with zero attached hydrogens (tertiary/aromatic N) is 12.